The largest absolute Gasteiger partial charge is 0.390 e. The summed E-state index contributed by atoms with van der Waals surface area (Å²) in [4.78, 5) is 4.45. The van der Waals surface area contributed by atoms with E-state index in [-0.39, 0.29) is 11.5 Å². The molecule has 1 heterocycles. The van der Waals surface area contributed by atoms with E-state index < -0.39 is 6.10 Å². The van der Waals surface area contributed by atoms with Crippen molar-refractivity contribution in [3.63, 3.8) is 0 Å². The maximum absolute atomic E-state index is 10.3. The van der Waals surface area contributed by atoms with Gasteiger partial charge in [-0.2, -0.15) is 0 Å². The third kappa shape index (κ3) is 3.30. The Morgan fingerprint density at radius 3 is 3.00 bits per heavy atom. The molecular weight excluding hydrogens is 226 g/mol. The second kappa shape index (κ2) is 5.37. The molecule has 0 saturated heterocycles. The first-order chi connectivity index (χ1) is 8.47. The van der Waals surface area contributed by atoms with Crippen molar-refractivity contribution >= 4 is 0 Å². The van der Waals surface area contributed by atoms with Crippen LogP contribution in [0, 0.1) is 0 Å². The smallest absolute Gasteiger partial charge is 0.0857 e. The number of hydrogen-bond acceptors (Lipinski definition) is 3. The Labute approximate surface area is 109 Å². The lowest BCUT2D eigenvalue weighted by atomic mass is 9.83. The van der Waals surface area contributed by atoms with Gasteiger partial charge in [0.25, 0.3) is 0 Å². The van der Waals surface area contributed by atoms with E-state index in [1.165, 1.54) is 5.56 Å². The lowest BCUT2D eigenvalue weighted by Crippen LogP contribution is -2.32. The highest BCUT2D eigenvalue weighted by atomic mass is 16.5. The van der Waals surface area contributed by atoms with Crippen LogP contribution >= 0.6 is 0 Å². The Balaban J connectivity index is 2.06. The maximum atomic E-state index is 10.3. The van der Waals surface area contributed by atoms with Gasteiger partial charge in [-0.25, -0.2) is 0 Å². The molecule has 1 aromatic heterocycles. The summed E-state index contributed by atoms with van der Waals surface area (Å²) in [6, 6.07) is 4.09. The molecule has 1 aromatic rings. The van der Waals surface area contributed by atoms with Gasteiger partial charge in [0.1, 0.15) is 0 Å². The van der Waals surface area contributed by atoms with Gasteiger partial charge in [0.05, 0.1) is 18.3 Å². The van der Waals surface area contributed by atoms with Crippen molar-refractivity contribution in [3.05, 3.63) is 29.6 Å². The molecule has 0 bridgehead atoms. The summed E-state index contributed by atoms with van der Waals surface area (Å²) in [6.45, 7) is 6.40. The number of aryl methyl sites for hydroxylation is 1. The summed E-state index contributed by atoms with van der Waals surface area (Å²) in [7, 11) is 0. The molecule has 3 heteroatoms. The number of ether oxygens (including phenoxy) is 1. The van der Waals surface area contributed by atoms with Gasteiger partial charge in [0, 0.05) is 17.8 Å². The van der Waals surface area contributed by atoms with E-state index in [1.807, 2.05) is 33.0 Å². The van der Waals surface area contributed by atoms with Crippen molar-refractivity contribution in [2.24, 2.45) is 0 Å². The standard InChI is InChI=1S/C15H23NO2/c1-15(2,3)18-10-13(17)12-8-4-6-11-7-5-9-16-14(11)12/h5,7,9,12-13,17H,4,6,8,10H2,1-3H3. The number of pyridine rings is 1. The van der Waals surface area contributed by atoms with E-state index in [0.717, 1.165) is 25.0 Å². The zero-order valence-corrected chi connectivity index (χ0v) is 11.5. The average Bonchev–Trinajstić information content (AvgIpc) is 2.34. The van der Waals surface area contributed by atoms with E-state index in [0.29, 0.717) is 6.61 Å². The second-order valence-electron chi connectivity index (χ2n) is 6.04. The van der Waals surface area contributed by atoms with E-state index >= 15 is 0 Å². The van der Waals surface area contributed by atoms with Gasteiger partial charge >= 0.3 is 0 Å². The third-order valence-electron chi connectivity index (χ3n) is 3.39. The molecule has 2 atom stereocenters. The van der Waals surface area contributed by atoms with E-state index in [1.54, 1.807) is 0 Å². The predicted molar refractivity (Wildman–Crippen MR) is 71.6 cm³/mol. The summed E-state index contributed by atoms with van der Waals surface area (Å²) in [5.41, 5.74) is 2.14. The van der Waals surface area contributed by atoms with Crippen LogP contribution in [-0.4, -0.2) is 28.4 Å². The monoisotopic (exact) mass is 249 g/mol. The van der Waals surface area contributed by atoms with Crippen LogP contribution in [0.5, 0.6) is 0 Å². The lowest BCUT2D eigenvalue weighted by molar-refractivity contribution is -0.0572. The Bertz CT molecular complexity index is 398. The predicted octanol–water partition coefficient (Wildman–Crippen LogP) is 2.68. The number of nitrogens with zero attached hydrogens (tertiary/aromatic N) is 1. The molecule has 1 aliphatic carbocycles. The Morgan fingerprint density at radius 1 is 1.50 bits per heavy atom. The van der Waals surface area contributed by atoms with Crippen LogP contribution in [0.1, 0.15) is 50.8 Å². The number of hydrogen-bond donors (Lipinski definition) is 1. The van der Waals surface area contributed by atoms with E-state index in [9.17, 15) is 5.11 Å². The zero-order chi connectivity index (χ0) is 13.2. The van der Waals surface area contributed by atoms with Gasteiger partial charge in [0.2, 0.25) is 0 Å². The molecule has 3 nitrogen and oxygen atoms in total. The molecule has 0 aromatic carbocycles. The van der Waals surface area contributed by atoms with Crippen molar-refractivity contribution < 1.29 is 9.84 Å². The molecule has 0 aliphatic heterocycles. The Kier molecular flexibility index (Phi) is 4.03. The van der Waals surface area contributed by atoms with Crippen molar-refractivity contribution in [2.45, 2.75) is 57.7 Å². The summed E-state index contributed by atoms with van der Waals surface area (Å²) < 4.78 is 5.68. The summed E-state index contributed by atoms with van der Waals surface area (Å²) in [5, 5.41) is 10.3. The van der Waals surface area contributed by atoms with Crippen molar-refractivity contribution in [3.8, 4) is 0 Å². The van der Waals surface area contributed by atoms with Gasteiger partial charge in [0.15, 0.2) is 0 Å². The van der Waals surface area contributed by atoms with Gasteiger partial charge in [-0.05, 0) is 51.7 Å². The first-order valence-corrected chi connectivity index (χ1v) is 6.73. The third-order valence-corrected chi connectivity index (χ3v) is 3.39. The first kappa shape index (κ1) is 13.5. The summed E-state index contributed by atoms with van der Waals surface area (Å²) in [6.07, 6.45) is 4.55. The molecule has 2 rings (SSSR count). The van der Waals surface area contributed by atoms with E-state index in [4.69, 9.17) is 4.74 Å². The van der Waals surface area contributed by atoms with Crippen molar-refractivity contribution in [2.75, 3.05) is 6.61 Å². The number of fused-ring (bicyclic) bond motifs is 1. The molecule has 0 radical (unpaired) electrons. The Hall–Kier alpha value is -0.930. The van der Waals surface area contributed by atoms with Crippen molar-refractivity contribution in [1.82, 2.24) is 4.98 Å². The molecule has 0 spiro atoms. The normalized spacial score (nSPS) is 21.4. The molecule has 2 unspecified atom stereocenters. The van der Waals surface area contributed by atoms with Crippen LogP contribution in [0.25, 0.3) is 0 Å². The van der Waals surface area contributed by atoms with Crippen LogP contribution in [0.2, 0.25) is 0 Å². The molecule has 0 amide bonds. The fourth-order valence-corrected chi connectivity index (χ4v) is 2.47. The molecule has 18 heavy (non-hydrogen) atoms. The van der Waals surface area contributed by atoms with Crippen LogP contribution in [0.3, 0.4) is 0 Å². The number of rotatable bonds is 3. The quantitative estimate of drug-likeness (QED) is 0.895. The molecule has 1 aliphatic rings. The van der Waals surface area contributed by atoms with Crippen LogP contribution in [-0.2, 0) is 11.2 Å². The van der Waals surface area contributed by atoms with Crippen LogP contribution in [0.4, 0.5) is 0 Å². The van der Waals surface area contributed by atoms with Gasteiger partial charge < -0.3 is 9.84 Å². The minimum Gasteiger partial charge on any atom is -0.390 e. The molecule has 1 N–H and O–H groups in total. The van der Waals surface area contributed by atoms with Gasteiger partial charge in [-0.1, -0.05) is 6.07 Å². The first-order valence-electron chi connectivity index (χ1n) is 6.73. The molecular formula is C15H23NO2. The van der Waals surface area contributed by atoms with Crippen LogP contribution in [0.15, 0.2) is 18.3 Å². The highest BCUT2D eigenvalue weighted by Crippen LogP contribution is 2.32. The summed E-state index contributed by atoms with van der Waals surface area (Å²) in [5.74, 6) is 0.122. The highest BCUT2D eigenvalue weighted by molar-refractivity contribution is 5.26. The Morgan fingerprint density at radius 2 is 2.28 bits per heavy atom. The lowest BCUT2D eigenvalue weighted by Gasteiger charge is -2.30. The minimum absolute atomic E-state index is 0.122. The van der Waals surface area contributed by atoms with E-state index in [2.05, 4.69) is 11.1 Å². The summed E-state index contributed by atoms with van der Waals surface area (Å²) >= 11 is 0. The van der Waals surface area contributed by atoms with Gasteiger partial charge in [-0.3, -0.25) is 4.98 Å². The maximum Gasteiger partial charge on any atom is 0.0857 e. The fourth-order valence-electron chi connectivity index (χ4n) is 2.47. The SMILES string of the molecule is CC(C)(C)OCC(O)C1CCCc2cccnc21. The number of aliphatic hydroxyl groups excluding tert-OH is 1. The van der Waals surface area contributed by atoms with Gasteiger partial charge in [-0.15, -0.1) is 0 Å². The highest BCUT2D eigenvalue weighted by Gasteiger charge is 2.28. The zero-order valence-electron chi connectivity index (χ0n) is 11.5. The minimum atomic E-state index is -0.460. The second-order valence-corrected chi connectivity index (χ2v) is 6.04. The van der Waals surface area contributed by atoms with Crippen molar-refractivity contribution in [1.29, 1.82) is 0 Å². The molecule has 0 saturated carbocycles. The molecule has 0 fully saturated rings. The van der Waals surface area contributed by atoms with Crippen LogP contribution < -0.4 is 0 Å². The number of aromatic nitrogens is 1. The average molecular weight is 249 g/mol. The fraction of sp³-hybridized carbons (Fsp3) is 0.667. The number of aliphatic hydroxyl groups is 1. The molecule has 100 valence electrons. The topological polar surface area (TPSA) is 42.4 Å².